The first-order valence-electron chi connectivity index (χ1n) is 4.96. The van der Waals surface area contributed by atoms with Crippen LogP contribution >= 0.6 is 0 Å². The van der Waals surface area contributed by atoms with Crippen LogP contribution in [0, 0.1) is 5.41 Å². The monoisotopic (exact) mass is 160 g/mol. The van der Waals surface area contributed by atoms with Gasteiger partial charge in [0.2, 0.25) is 0 Å². The van der Waals surface area contributed by atoms with Crippen molar-refractivity contribution in [1.29, 1.82) is 0 Å². The molecule has 0 saturated heterocycles. The fourth-order valence-electron chi connectivity index (χ4n) is 2.06. The second-order valence-corrected chi connectivity index (χ2v) is 3.83. The zero-order valence-electron chi connectivity index (χ0n) is 7.50. The van der Waals surface area contributed by atoms with E-state index in [9.17, 15) is 0 Å². The first kappa shape index (κ1) is 7.85. The van der Waals surface area contributed by atoms with E-state index in [4.69, 9.17) is 0 Å². The van der Waals surface area contributed by atoms with E-state index in [0.717, 1.165) is 0 Å². The molecule has 2 aliphatic carbocycles. The lowest BCUT2D eigenvalue weighted by Crippen LogP contribution is -2.10. The van der Waals surface area contributed by atoms with Crippen LogP contribution in [0.2, 0.25) is 0 Å². The number of rotatable bonds is 0. The van der Waals surface area contributed by atoms with Crippen molar-refractivity contribution < 1.29 is 0 Å². The molecule has 0 fully saturated rings. The molecule has 12 heavy (non-hydrogen) atoms. The highest BCUT2D eigenvalue weighted by molar-refractivity contribution is 5.31. The lowest BCUT2D eigenvalue weighted by atomic mass is 9.82. The molecule has 0 aromatic carbocycles. The van der Waals surface area contributed by atoms with E-state index in [1.807, 2.05) is 0 Å². The maximum Gasteiger partial charge on any atom is 0.0248 e. The maximum absolute atomic E-state index is 2.38. The molecule has 0 saturated carbocycles. The van der Waals surface area contributed by atoms with Crippen molar-refractivity contribution in [3.05, 3.63) is 36.5 Å². The third kappa shape index (κ3) is 1.52. The zero-order chi connectivity index (χ0) is 8.28. The Morgan fingerprint density at radius 2 is 1.67 bits per heavy atom. The topological polar surface area (TPSA) is 0 Å². The molecule has 0 unspecified atom stereocenters. The summed E-state index contributed by atoms with van der Waals surface area (Å²) in [5, 5.41) is 0. The quantitative estimate of drug-likeness (QED) is 0.475. The normalized spacial score (nSPS) is 28.7. The van der Waals surface area contributed by atoms with Crippen molar-refractivity contribution in [2.45, 2.75) is 32.1 Å². The Hall–Kier alpha value is -0.780. The minimum absolute atomic E-state index is 0.306. The van der Waals surface area contributed by atoms with E-state index < -0.39 is 0 Å². The van der Waals surface area contributed by atoms with Crippen LogP contribution < -0.4 is 0 Å². The number of hydrogen-bond donors (Lipinski definition) is 0. The third-order valence-corrected chi connectivity index (χ3v) is 2.83. The molecule has 1 spiro atoms. The molecule has 0 radical (unpaired) electrons. The van der Waals surface area contributed by atoms with E-state index in [-0.39, 0.29) is 0 Å². The molecule has 0 amide bonds. The Kier molecular flexibility index (Phi) is 2.16. The van der Waals surface area contributed by atoms with Gasteiger partial charge in [-0.25, -0.2) is 0 Å². The summed E-state index contributed by atoms with van der Waals surface area (Å²) >= 11 is 0. The Labute approximate surface area is 74.7 Å². The Morgan fingerprint density at radius 1 is 0.833 bits per heavy atom. The van der Waals surface area contributed by atoms with Gasteiger partial charge < -0.3 is 0 Å². The molecule has 0 nitrogen and oxygen atoms in total. The van der Waals surface area contributed by atoms with Gasteiger partial charge in [-0.15, -0.1) is 0 Å². The van der Waals surface area contributed by atoms with E-state index in [2.05, 4.69) is 36.5 Å². The SMILES string of the molecule is C1=CC2(C=C1)/C=C\CCCCC2. The van der Waals surface area contributed by atoms with Crippen molar-refractivity contribution >= 4 is 0 Å². The van der Waals surface area contributed by atoms with Crippen molar-refractivity contribution in [3.8, 4) is 0 Å². The molecular formula is C12H16. The minimum Gasteiger partial charge on any atom is -0.0874 e. The summed E-state index contributed by atoms with van der Waals surface area (Å²) in [5.74, 6) is 0. The van der Waals surface area contributed by atoms with Crippen LogP contribution in [0.15, 0.2) is 36.5 Å². The molecule has 64 valence electrons. The predicted octanol–water partition coefficient (Wildman–Crippen LogP) is 3.62. The summed E-state index contributed by atoms with van der Waals surface area (Å²) in [6, 6.07) is 0. The first-order chi connectivity index (χ1) is 5.91. The highest BCUT2D eigenvalue weighted by atomic mass is 14.3. The largest absolute Gasteiger partial charge is 0.0874 e. The Bertz CT molecular complexity index is 218. The third-order valence-electron chi connectivity index (χ3n) is 2.83. The molecule has 0 aliphatic heterocycles. The van der Waals surface area contributed by atoms with Crippen LogP contribution in [0.25, 0.3) is 0 Å². The fourth-order valence-corrected chi connectivity index (χ4v) is 2.06. The fraction of sp³-hybridized carbons (Fsp3) is 0.500. The van der Waals surface area contributed by atoms with Crippen LogP contribution in [-0.2, 0) is 0 Å². The number of hydrogen-bond acceptors (Lipinski definition) is 0. The Balaban J connectivity index is 2.16. The van der Waals surface area contributed by atoms with Crippen LogP contribution in [0.1, 0.15) is 32.1 Å². The first-order valence-corrected chi connectivity index (χ1v) is 4.96. The minimum atomic E-state index is 0.306. The average molecular weight is 160 g/mol. The molecule has 0 bridgehead atoms. The summed E-state index contributed by atoms with van der Waals surface area (Å²) < 4.78 is 0. The van der Waals surface area contributed by atoms with Gasteiger partial charge in [-0.3, -0.25) is 0 Å². The van der Waals surface area contributed by atoms with E-state index in [1.54, 1.807) is 0 Å². The summed E-state index contributed by atoms with van der Waals surface area (Å²) in [4.78, 5) is 0. The summed E-state index contributed by atoms with van der Waals surface area (Å²) in [5.41, 5.74) is 0.306. The van der Waals surface area contributed by atoms with Gasteiger partial charge in [0.25, 0.3) is 0 Å². The van der Waals surface area contributed by atoms with Gasteiger partial charge in [-0.2, -0.15) is 0 Å². The maximum atomic E-state index is 2.38. The summed E-state index contributed by atoms with van der Waals surface area (Å²) in [6.07, 6.45) is 20.4. The molecular weight excluding hydrogens is 144 g/mol. The van der Waals surface area contributed by atoms with Gasteiger partial charge in [0.15, 0.2) is 0 Å². The molecule has 2 aliphatic rings. The molecule has 0 aromatic heterocycles. The standard InChI is InChI=1S/C12H16/c1-2-4-8-12(9-5-3-1)10-6-7-11-12/h4,6-8,10-11H,1-3,5,9H2/b8-4-. The van der Waals surface area contributed by atoms with Crippen LogP contribution in [0.3, 0.4) is 0 Å². The van der Waals surface area contributed by atoms with Crippen LogP contribution in [-0.4, -0.2) is 0 Å². The summed E-state index contributed by atoms with van der Waals surface area (Å²) in [6.45, 7) is 0. The Morgan fingerprint density at radius 3 is 2.50 bits per heavy atom. The molecule has 0 N–H and O–H groups in total. The smallest absolute Gasteiger partial charge is 0.0248 e. The van der Waals surface area contributed by atoms with Gasteiger partial charge in [0, 0.05) is 5.41 Å². The van der Waals surface area contributed by atoms with Gasteiger partial charge in [-0.05, 0) is 19.3 Å². The van der Waals surface area contributed by atoms with Crippen LogP contribution in [0.5, 0.6) is 0 Å². The molecule has 0 heteroatoms. The number of allylic oxidation sites excluding steroid dienone is 6. The second-order valence-electron chi connectivity index (χ2n) is 3.83. The highest BCUT2D eigenvalue weighted by Gasteiger charge is 2.22. The van der Waals surface area contributed by atoms with Crippen LogP contribution in [0.4, 0.5) is 0 Å². The van der Waals surface area contributed by atoms with Gasteiger partial charge in [0.1, 0.15) is 0 Å². The van der Waals surface area contributed by atoms with Crippen molar-refractivity contribution in [2.24, 2.45) is 5.41 Å². The van der Waals surface area contributed by atoms with Gasteiger partial charge >= 0.3 is 0 Å². The van der Waals surface area contributed by atoms with E-state index in [0.29, 0.717) is 5.41 Å². The van der Waals surface area contributed by atoms with Crippen molar-refractivity contribution in [1.82, 2.24) is 0 Å². The molecule has 0 atom stereocenters. The van der Waals surface area contributed by atoms with Crippen molar-refractivity contribution in [3.63, 3.8) is 0 Å². The van der Waals surface area contributed by atoms with Gasteiger partial charge in [-0.1, -0.05) is 49.3 Å². The molecule has 2 rings (SSSR count). The summed E-state index contributed by atoms with van der Waals surface area (Å²) in [7, 11) is 0. The van der Waals surface area contributed by atoms with Crippen molar-refractivity contribution in [2.75, 3.05) is 0 Å². The van der Waals surface area contributed by atoms with E-state index >= 15 is 0 Å². The lowest BCUT2D eigenvalue weighted by molar-refractivity contribution is 0.502. The predicted molar refractivity (Wildman–Crippen MR) is 52.9 cm³/mol. The average Bonchev–Trinajstić information content (AvgIpc) is 2.47. The van der Waals surface area contributed by atoms with Gasteiger partial charge in [0.05, 0.1) is 0 Å². The molecule has 0 aromatic rings. The zero-order valence-corrected chi connectivity index (χ0v) is 7.50. The van der Waals surface area contributed by atoms with E-state index in [1.165, 1.54) is 32.1 Å². The second kappa shape index (κ2) is 3.30. The highest BCUT2D eigenvalue weighted by Crippen LogP contribution is 2.35. The lowest BCUT2D eigenvalue weighted by Gasteiger charge is -2.22. The molecule has 0 heterocycles.